The van der Waals surface area contributed by atoms with Crippen LogP contribution in [0.3, 0.4) is 0 Å². The molecule has 0 aliphatic carbocycles. The van der Waals surface area contributed by atoms with E-state index >= 15 is 0 Å². The average molecular weight is 368 g/mol. The van der Waals surface area contributed by atoms with Crippen molar-refractivity contribution in [2.45, 2.75) is 58.2 Å². The lowest BCUT2D eigenvalue weighted by atomic mass is 9.96. The van der Waals surface area contributed by atoms with Gasteiger partial charge >= 0.3 is 0 Å². The number of nitro groups is 1. The molecule has 2 rings (SSSR count). The number of halogens is 1. The maximum absolute atomic E-state index is 10.9. The third kappa shape index (κ3) is 4.17. The van der Waals surface area contributed by atoms with Gasteiger partial charge in [-0.05, 0) is 25.3 Å². The summed E-state index contributed by atoms with van der Waals surface area (Å²) in [5, 5.41) is 10.9. The molecule has 120 valence electrons. The first-order valence-corrected chi connectivity index (χ1v) is 8.57. The van der Waals surface area contributed by atoms with Crippen LogP contribution in [0.1, 0.15) is 57.6 Å². The summed E-state index contributed by atoms with van der Waals surface area (Å²) >= 11 is 3.66. The highest BCUT2D eigenvalue weighted by Gasteiger charge is 2.28. The molecule has 0 amide bonds. The SMILES string of the molecule is CCCCC[C@@H]1O[C@H](c2cccc([N+](=O)[O-])c2)CC(C)=C1Br. The van der Waals surface area contributed by atoms with Gasteiger partial charge in [-0.3, -0.25) is 10.1 Å². The molecule has 2 atom stereocenters. The second kappa shape index (κ2) is 7.88. The van der Waals surface area contributed by atoms with Gasteiger partial charge in [-0.2, -0.15) is 0 Å². The molecule has 1 aromatic carbocycles. The van der Waals surface area contributed by atoms with Crippen molar-refractivity contribution in [2.24, 2.45) is 0 Å². The van der Waals surface area contributed by atoms with Crippen molar-refractivity contribution in [1.29, 1.82) is 0 Å². The second-order valence-corrected chi connectivity index (χ2v) is 6.65. The van der Waals surface area contributed by atoms with Crippen molar-refractivity contribution < 1.29 is 9.66 Å². The zero-order chi connectivity index (χ0) is 16.1. The number of rotatable bonds is 6. The molecule has 5 heteroatoms. The van der Waals surface area contributed by atoms with Crippen LogP contribution in [0.5, 0.6) is 0 Å². The minimum atomic E-state index is -0.357. The molecule has 0 N–H and O–H groups in total. The van der Waals surface area contributed by atoms with Gasteiger partial charge in [0.15, 0.2) is 0 Å². The van der Waals surface area contributed by atoms with E-state index in [0.29, 0.717) is 0 Å². The molecule has 0 fully saturated rings. The van der Waals surface area contributed by atoms with E-state index in [1.165, 1.54) is 24.5 Å². The number of nitro benzene ring substituents is 1. The van der Waals surface area contributed by atoms with Crippen molar-refractivity contribution in [3.8, 4) is 0 Å². The highest BCUT2D eigenvalue weighted by Crippen LogP contribution is 2.39. The fraction of sp³-hybridized carbons (Fsp3) is 0.529. The van der Waals surface area contributed by atoms with E-state index in [1.54, 1.807) is 12.1 Å². The fourth-order valence-electron chi connectivity index (χ4n) is 2.77. The summed E-state index contributed by atoms with van der Waals surface area (Å²) in [7, 11) is 0. The van der Waals surface area contributed by atoms with Crippen molar-refractivity contribution in [1.82, 2.24) is 0 Å². The largest absolute Gasteiger partial charge is 0.365 e. The van der Waals surface area contributed by atoms with Crippen LogP contribution in [0.4, 0.5) is 5.69 Å². The lowest BCUT2D eigenvalue weighted by molar-refractivity contribution is -0.385. The summed E-state index contributed by atoms with van der Waals surface area (Å²) in [5.74, 6) is 0. The molecule has 1 aliphatic heterocycles. The molecule has 0 bridgehead atoms. The van der Waals surface area contributed by atoms with E-state index in [0.717, 1.165) is 29.3 Å². The predicted molar refractivity (Wildman–Crippen MR) is 91.1 cm³/mol. The molecule has 1 aromatic rings. The summed E-state index contributed by atoms with van der Waals surface area (Å²) < 4.78 is 7.35. The zero-order valence-corrected chi connectivity index (χ0v) is 14.6. The Hall–Kier alpha value is -1.20. The van der Waals surface area contributed by atoms with Crippen LogP contribution in [0.2, 0.25) is 0 Å². The van der Waals surface area contributed by atoms with Crippen LogP contribution in [0, 0.1) is 10.1 Å². The minimum Gasteiger partial charge on any atom is -0.365 e. The van der Waals surface area contributed by atoms with E-state index in [9.17, 15) is 10.1 Å². The Bertz CT molecular complexity index is 571. The normalized spacial score (nSPS) is 22.0. The van der Waals surface area contributed by atoms with Crippen LogP contribution in [0.25, 0.3) is 0 Å². The summed E-state index contributed by atoms with van der Waals surface area (Å²) in [4.78, 5) is 10.6. The molecule has 0 saturated heterocycles. The maximum atomic E-state index is 10.9. The van der Waals surface area contributed by atoms with Gasteiger partial charge in [0.25, 0.3) is 5.69 Å². The monoisotopic (exact) mass is 367 g/mol. The molecule has 0 saturated carbocycles. The second-order valence-electron chi connectivity index (χ2n) is 5.79. The number of ether oxygens (including phenoxy) is 1. The van der Waals surface area contributed by atoms with Crippen LogP contribution in [0.15, 0.2) is 34.3 Å². The molecule has 0 aromatic heterocycles. The summed E-state index contributed by atoms with van der Waals surface area (Å²) in [6, 6.07) is 6.78. The highest BCUT2D eigenvalue weighted by atomic mass is 79.9. The predicted octanol–water partition coefficient (Wildman–Crippen LogP) is 5.67. The number of hydrogen-bond donors (Lipinski definition) is 0. The Morgan fingerprint density at radius 2 is 2.18 bits per heavy atom. The van der Waals surface area contributed by atoms with Gasteiger partial charge in [0, 0.05) is 16.6 Å². The summed E-state index contributed by atoms with van der Waals surface area (Å²) in [6.45, 7) is 4.29. The quantitative estimate of drug-likeness (QED) is 0.369. The molecule has 0 unspecified atom stereocenters. The van der Waals surface area contributed by atoms with Crippen molar-refractivity contribution in [2.75, 3.05) is 0 Å². The summed E-state index contributed by atoms with van der Waals surface area (Å²) in [5.41, 5.74) is 2.27. The third-order valence-electron chi connectivity index (χ3n) is 4.03. The van der Waals surface area contributed by atoms with Gasteiger partial charge in [0.05, 0.1) is 17.1 Å². The van der Waals surface area contributed by atoms with E-state index < -0.39 is 0 Å². The first-order valence-electron chi connectivity index (χ1n) is 7.78. The molecular weight excluding hydrogens is 346 g/mol. The number of hydrogen-bond acceptors (Lipinski definition) is 3. The summed E-state index contributed by atoms with van der Waals surface area (Å²) in [6.07, 6.45) is 5.22. The molecule has 22 heavy (non-hydrogen) atoms. The van der Waals surface area contributed by atoms with Gasteiger partial charge < -0.3 is 4.74 Å². The standard InChI is InChI=1S/C17H22BrNO3/c1-3-4-5-9-15-17(18)12(2)10-16(22-15)13-7-6-8-14(11-13)19(20)21/h6-8,11,15-16H,3-5,9-10H2,1-2H3/t15-,16-/m0/s1. The highest BCUT2D eigenvalue weighted by molar-refractivity contribution is 9.11. The first-order chi connectivity index (χ1) is 10.5. The van der Waals surface area contributed by atoms with Gasteiger partial charge in [-0.25, -0.2) is 0 Å². The Morgan fingerprint density at radius 3 is 2.86 bits per heavy atom. The van der Waals surface area contributed by atoms with Crippen LogP contribution in [-0.2, 0) is 4.74 Å². The molecule has 1 aliphatic rings. The van der Waals surface area contributed by atoms with E-state index in [4.69, 9.17) is 4.74 Å². The minimum absolute atomic E-state index is 0.0598. The molecule has 0 spiro atoms. The Kier molecular flexibility index (Phi) is 6.15. The average Bonchev–Trinajstić information content (AvgIpc) is 2.51. The molecule has 4 nitrogen and oxygen atoms in total. The number of unbranched alkanes of at least 4 members (excludes halogenated alkanes) is 2. The topological polar surface area (TPSA) is 52.4 Å². The van der Waals surface area contributed by atoms with Gasteiger partial charge in [0.1, 0.15) is 0 Å². The molecular formula is C17H22BrNO3. The fourth-order valence-corrected chi connectivity index (χ4v) is 3.26. The van der Waals surface area contributed by atoms with Crippen LogP contribution in [-0.4, -0.2) is 11.0 Å². The maximum Gasteiger partial charge on any atom is 0.269 e. The first kappa shape index (κ1) is 17.2. The Morgan fingerprint density at radius 1 is 1.41 bits per heavy atom. The Labute approximate surface area is 139 Å². The molecule has 0 radical (unpaired) electrons. The van der Waals surface area contributed by atoms with Crippen molar-refractivity contribution in [3.05, 3.63) is 50.0 Å². The molecule has 1 heterocycles. The number of nitrogens with zero attached hydrogens (tertiary/aromatic N) is 1. The van der Waals surface area contributed by atoms with Crippen molar-refractivity contribution >= 4 is 21.6 Å². The number of non-ortho nitro benzene ring substituents is 1. The van der Waals surface area contributed by atoms with E-state index in [2.05, 4.69) is 29.8 Å². The smallest absolute Gasteiger partial charge is 0.269 e. The Balaban J connectivity index is 2.16. The lowest BCUT2D eigenvalue weighted by Gasteiger charge is -2.31. The zero-order valence-electron chi connectivity index (χ0n) is 13.0. The van der Waals surface area contributed by atoms with Gasteiger partial charge in [0.2, 0.25) is 0 Å². The van der Waals surface area contributed by atoms with Gasteiger partial charge in [-0.15, -0.1) is 0 Å². The van der Waals surface area contributed by atoms with Crippen LogP contribution >= 0.6 is 15.9 Å². The lowest BCUT2D eigenvalue weighted by Crippen LogP contribution is -2.23. The van der Waals surface area contributed by atoms with E-state index in [-0.39, 0.29) is 22.8 Å². The third-order valence-corrected chi connectivity index (χ3v) is 5.22. The van der Waals surface area contributed by atoms with E-state index in [1.807, 2.05) is 6.07 Å². The van der Waals surface area contributed by atoms with Crippen LogP contribution < -0.4 is 0 Å². The van der Waals surface area contributed by atoms with Crippen molar-refractivity contribution in [3.63, 3.8) is 0 Å². The number of benzene rings is 1. The van der Waals surface area contributed by atoms with Gasteiger partial charge in [-0.1, -0.05) is 59.8 Å².